The zero-order valence-corrected chi connectivity index (χ0v) is 23.1. The molecule has 0 unspecified atom stereocenters. The third-order valence-corrected chi connectivity index (χ3v) is 8.27. The van der Waals surface area contributed by atoms with Gasteiger partial charge in [0.15, 0.2) is 5.76 Å². The van der Waals surface area contributed by atoms with Crippen molar-refractivity contribution < 1.29 is 17.6 Å². The van der Waals surface area contributed by atoms with Crippen LogP contribution in [0, 0.1) is 0 Å². The molecule has 9 heteroatoms. The number of carbonyl (C=O) groups is 1. The fraction of sp³-hybridized carbons (Fsp3) is 0.233. The topological polar surface area (TPSA) is 98.7 Å². The Bertz CT molecular complexity index is 1690. The van der Waals surface area contributed by atoms with Crippen molar-refractivity contribution in [2.24, 2.45) is 0 Å². The van der Waals surface area contributed by atoms with Gasteiger partial charge in [-0.15, -0.1) is 0 Å². The Labute approximate surface area is 228 Å². The number of nitrogens with zero attached hydrogens (tertiary/aromatic N) is 2. The SMILES string of the molecule is CN(C)CCN(C)C(=O)c1ccc(S(=O)(=O)NCCc2c(-c3cc4ccccc4o3)[nH]c3ccccc23)cc1. The molecule has 5 aromatic rings. The number of fused-ring (bicyclic) bond motifs is 2. The van der Waals surface area contributed by atoms with Crippen molar-refractivity contribution in [3.63, 3.8) is 0 Å². The molecule has 0 bridgehead atoms. The molecule has 0 aliphatic heterocycles. The lowest BCUT2D eigenvalue weighted by Crippen LogP contribution is -2.33. The summed E-state index contributed by atoms with van der Waals surface area (Å²) in [5.41, 5.74) is 4.02. The molecule has 5 rings (SSSR count). The average molecular weight is 545 g/mol. The molecule has 0 saturated carbocycles. The summed E-state index contributed by atoms with van der Waals surface area (Å²) >= 11 is 0. The number of aromatic nitrogens is 1. The highest BCUT2D eigenvalue weighted by atomic mass is 32.2. The van der Waals surface area contributed by atoms with Crippen molar-refractivity contribution in [1.29, 1.82) is 0 Å². The molecule has 2 N–H and O–H groups in total. The van der Waals surface area contributed by atoms with Crippen molar-refractivity contribution >= 4 is 37.8 Å². The number of hydrogen-bond acceptors (Lipinski definition) is 5. The molecule has 3 aromatic carbocycles. The lowest BCUT2D eigenvalue weighted by molar-refractivity contribution is 0.0786. The molecule has 0 aliphatic carbocycles. The summed E-state index contributed by atoms with van der Waals surface area (Å²) < 4.78 is 34.9. The van der Waals surface area contributed by atoms with Crippen LogP contribution in [-0.2, 0) is 16.4 Å². The molecule has 0 atom stereocenters. The van der Waals surface area contributed by atoms with Crippen LogP contribution < -0.4 is 4.72 Å². The summed E-state index contributed by atoms with van der Waals surface area (Å²) in [6, 6.07) is 23.8. The van der Waals surface area contributed by atoms with Gasteiger partial charge in [0, 0.05) is 48.5 Å². The first-order valence-corrected chi connectivity index (χ1v) is 14.3. The van der Waals surface area contributed by atoms with E-state index in [9.17, 15) is 13.2 Å². The Morgan fingerprint density at radius 2 is 1.64 bits per heavy atom. The number of likely N-dealkylation sites (N-methyl/N-ethyl adjacent to an activating group) is 2. The predicted octanol–water partition coefficient (Wildman–Crippen LogP) is 4.74. The van der Waals surface area contributed by atoms with E-state index in [0.717, 1.165) is 39.7 Å². The second-order valence-corrected chi connectivity index (χ2v) is 11.6. The molecule has 2 heterocycles. The molecule has 0 aliphatic rings. The van der Waals surface area contributed by atoms with Gasteiger partial charge in [-0.1, -0.05) is 36.4 Å². The van der Waals surface area contributed by atoms with Crippen LogP contribution in [-0.4, -0.2) is 69.9 Å². The molecule has 0 saturated heterocycles. The minimum absolute atomic E-state index is 0.117. The van der Waals surface area contributed by atoms with Crippen molar-refractivity contribution in [2.45, 2.75) is 11.3 Å². The third kappa shape index (κ3) is 5.75. The number of amides is 1. The molecule has 2 aromatic heterocycles. The molecule has 8 nitrogen and oxygen atoms in total. The first-order chi connectivity index (χ1) is 18.7. The molecule has 39 heavy (non-hydrogen) atoms. The van der Waals surface area contributed by atoms with Crippen LogP contribution in [0.5, 0.6) is 0 Å². The fourth-order valence-electron chi connectivity index (χ4n) is 4.62. The van der Waals surface area contributed by atoms with E-state index >= 15 is 0 Å². The van der Waals surface area contributed by atoms with Gasteiger partial charge in [0.2, 0.25) is 10.0 Å². The predicted molar refractivity (Wildman–Crippen MR) is 154 cm³/mol. The summed E-state index contributed by atoms with van der Waals surface area (Å²) in [6.45, 7) is 1.52. The molecule has 0 fully saturated rings. The van der Waals surface area contributed by atoms with E-state index in [4.69, 9.17) is 4.42 Å². The number of rotatable bonds is 10. The molecule has 0 spiro atoms. The minimum Gasteiger partial charge on any atom is -0.455 e. The molecular weight excluding hydrogens is 512 g/mol. The number of hydrogen-bond donors (Lipinski definition) is 2. The van der Waals surface area contributed by atoms with E-state index in [1.165, 1.54) is 12.1 Å². The van der Waals surface area contributed by atoms with Crippen LogP contribution in [0.15, 0.2) is 88.2 Å². The highest BCUT2D eigenvalue weighted by molar-refractivity contribution is 7.89. The Morgan fingerprint density at radius 1 is 0.923 bits per heavy atom. The van der Waals surface area contributed by atoms with Crippen molar-refractivity contribution in [1.82, 2.24) is 19.5 Å². The first-order valence-electron chi connectivity index (χ1n) is 12.8. The number of para-hydroxylation sites is 2. The Kier molecular flexibility index (Phi) is 7.56. The number of nitrogens with one attached hydrogen (secondary N) is 2. The van der Waals surface area contributed by atoms with E-state index in [1.54, 1.807) is 24.1 Å². The maximum atomic E-state index is 13.1. The quantitative estimate of drug-likeness (QED) is 0.265. The fourth-order valence-corrected chi connectivity index (χ4v) is 5.65. The van der Waals surface area contributed by atoms with Crippen LogP contribution in [0.1, 0.15) is 15.9 Å². The highest BCUT2D eigenvalue weighted by Crippen LogP contribution is 2.34. The van der Waals surface area contributed by atoms with Gasteiger partial charge in [0.1, 0.15) is 5.58 Å². The Morgan fingerprint density at radius 3 is 2.38 bits per heavy atom. The summed E-state index contributed by atoms with van der Waals surface area (Å²) in [5.74, 6) is 0.562. The maximum absolute atomic E-state index is 13.1. The molecule has 202 valence electrons. The second-order valence-electron chi connectivity index (χ2n) is 9.87. The van der Waals surface area contributed by atoms with Crippen LogP contribution in [0.2, 0.25) is 0 Å². The van der Waals surface area contributed by atoms with Gasteiger partial charge in [0.25, 0.3) is 5.91 Å². The summed E-state index contributed by atoms with van der Waals surface area (Å²) in [6.07, 6.45) is 0.461. The van der Waals surface area contributed by atoms with Gasteiger partial charge >= 0.3 is 0 Å². The average Bonchev–Trinajstić information content (AvgIpc) is 3.53. The zero-order valence-electron chi connectivity index (χ0n) is 22.3. The number of sulfonamides is 1. The highest BCUT2D eigenvalue weighted by Gasteiger charge is 2.19. The van der Waals surface area contributed by atoms with Gasteiger partial charge < -0.3 is 19.2 Å². The monoisotopic (exact) mass is 544 g/mol. The smallest absolute Gasteiger partial charge is 0.253 e. The second kappa shape index (κ2) is 11.1. The van der Waals surface area contributed by atoms with Crippen LogP contribution in [0.25, 0.3) is 33.3 Å². The van der Waals surface area contributed by atoms with Crippen molar-refractivity contribution in [3.8, 4) is 11.5 Å². The van der Waals surface area contributed by atoms with Gasteiger partial charge in [0.05, 0.1) is 10.6 Å². The number of H-pyrrole nitrogens is 1. The maximum Gasteiger partial charge on any atom is 0.253 e. The van der Waals surface area contributed by atoms with Gasteiger partial charge in [-0.3, -0.25) is 4.79 Å². The number of aromatic amines is 1. The van der Waals surface area contributed by atoms with Crippen LogP contribution in [0.3, 0.4) is 0 Å². The number of carbonyl (C=O) groups excluding carboxylic acids is 1. The molecular formula is C30H32N4O4S. The summed E-state index contributed by atoms with van der Waals surface area (Å²) in [7, 11) is 1.87. The largest absolute Gasteiger partial charge is 0.455 e. The van der Waals surface area contributed by atoms with Crippen LogP contribution >= 0.6 is 0 Å². The standard InChI is InChI=1S/C30H32N4O4S/c1-33(2)18-19-34(3)30(35)21-12-14-23(15-13-21)39(36,37)31-17-16-25-24-9-5-6-10-26(24)32-29(25)28-20-22-8-4-7-11-27(22)38-28/h4-15,20,31-32H,16-19H2,1-3H3. The van der Waals surface area contributed by atoms with Crippen molar-refractivity contribution in [3.05, 3.63) is 90.0 Å². The Hall–Kier alpha value is -3.92. The third-order valence-electron chi connectivity index (χ3n) is 6.79. The van der Waals surface area contributed by atoms with Gasteiger partial charge in [-0.2, -0.15) is 0 Å². The van der Waals surface area contributed by atoms with Crippen molar-refractivity contribution in [2.75, 3.05) is 40.8 Å². The van der Waals surface area contributed by atoms with Gasteiger partial charge in [-0.25, -0.2) is 13.1 Å². The lowest BCUT2D eigenvalue weighted by Gasteiger charge is -2.19. The minimum atomic E-state index is -3.76. The lowest BCUT2D eigenvalue weighted by atomic mass is 10.1. The summed E-state index contributed by atoms with van der Waals surface area (Å²) in [4.78, 5) is 19.9. The van der Waals surface area contributed by atoms with E-state index in [-0.39, 0.29) is 17.3 Å². The van der Waals surface area contributed by atoms with E-state index in [1.807, 2.05) is 73.6 Å². The Balaban J connectivity index is 1.31. The zero-order chi connectivity index (χ0) is 27.6. The van der Waals surface area contributed by atoms with E-state index in [0.29, 0.717) is 24.3 Å². The number of benzene rings is 3. The van der Waals surface area contributed by atoms with Crippen LogP contribution in [0.4, 0.5) is 0 Å². The summed E-state index contributed by atoms with van der Waals surface area (Å²) in [5, 5.41) is 2.03. The van der Waals surface area contributed by atoms with E-state index in [2.05, 4.69) is 9.71 Å². The molecule has 1 amide bonds. The normalized spacial score (nSPS) is 12.0. The van der Waals surface area contributed by atoms with E-state index < -0.39 is 10.0 Å². The first kappa shape index (κ1) is 26.7. The number of furan rings is 1. The molecule has 0 radical (unpaired) electrons. The van der Waals surface area contributed by atoms with Gasteiger partial charge in [-0.05, 0) is 68.5 Å².